The van der Waals surface area contributed by atoms with Crippen LogP contribution < -0.4 is 10.6 Å². The molecule has 4 rings (SSSR count). The molecule has 4 heterocycles. The Morgan fingerprint density at radius 3 is 2.66 bits per heavy atom. The molecule has 0 radical (unpaired) electrons. The van der Waals surface area contributed by atoms with Crippen molar-refractivity contribution in [2.24, 2.45) is 14.1 Å². The number of carbonyl (C=O) groups is 1. The Kier molecular flexibility index (Phi) is 5.26. The summed E-state index contributed by atoms with van der Waals surface area (Å²) in [5, 5.41) is 14.9. The molecular weight excluding hydrogens is 370 g/mol. The second kappa shape index (κ2) is 8.00. The van der Waals surface area contributed by atoms with E-state index in [1.54, 1.807) is 34.7 Å². The second-order valence-electron chi connectivity index (χ2n) is 7.17. The van der Waals surface area contributed by atoms with Gasteiger partial charge >= 0.3 is 0 Å². The standard InChI is InChI=1S/C19H25N9O/c1-13-11-17(25-26(13)2)23-19-21-6-5-14(22-19)15-12-16(27(3)24-15)18(29)20-7-10-28-8-4-9-28/h5-6,11-12H,4,7-10H2,1-3H3,(H,20,29)(H,21,22,23,25). The molecule has 1 saturated heterocycles. The molecule has 3 aromatic rings. The number of carbonyl (C=O) groups excluding carboxylic acids is 1. The molecule has 29 heavy (non-hydrogen) atoms. The van der Waals surface area contributed by atoms with Crippen LogP contribution in [0.25, 0.3) is 11.4 Å². The van der Waals surface area contributed by atoms with Gasteiger partial charge in [0.1, 0.15) is 11.4 Å². The van der Waals surface area contributed by atoms with Crippen molar-refractivity contribution in [2.45, 2.75) is 13.3 Å². The minimum atomic E-state index is -0.136. The van der Waals surface area contributed by atoms with E-state index in [9.17, 15) is 4.79 Å². The number of hydrogen-bond acceptors (Lipinski definition) is 7. The lowest BCUT2D eigenvalue weighted by atomic mass is 10.2. The Balaban J connectivity index is 1.45. The first-order valence-electron chi connectivity index (χ1n) is 9.65. The van der Waals surface area contributed by atoms with Crippen LogP contribution in [0.3, 0.4) is 0 Å². The van der Waals surface area contributed by atoms with Crippen molar-refractivity contribution >= 4 is 17.7 Å². The number of nitrogens with one attached hydrogen (secondary N) is 2. The lowest BCUT2D eigenvalue weighted by Gasteiger charge is -2.30. The zero-order valence-electron chi connectivity index (χ0n) is 16.9. The number of anilines is 2. The Bertz CT molecular complexity index is 999. The number of nitrogens with zero attached hydrogens (tertiary/aromatic N) is 7. The van der Waals surface area contributed by atoms with Crippen molar-refractivity contribution < 1.29 is 4.79 Å². The maximum Gasteiger partial charge on any atom is 0.269 e. The maximum atomic E-state index is 12.5. The van der Waals surface area contributed by atoms with Crippen LogP contribution in [0.5, 0.6) is 0 Å². The summed E-state index contributed by atoms with van der Waals surface area (Å²) < 4.78 is 3.35. The van der Waals surface area contributed by atoms with Gasteiger partial charge in [-0.1, -0.05) is 0 Å². The SMILES string of the molecule is Cc1cc(Nc2nccc(-c3cc(C(=O)NCCN4CCC4)n(C)n3)n2)nn1C. The van der Waals surface area contributed by atoms with Crippen molar-refractivity contribution in [3.8, 4) is 11.4 Å². The predicted octanol–water partition coefficient (Wildman–Crippen LogP) is 1.10. The van der Waals surface area contributed by atoms with E-state index in [4.69, 9.17) is 0 Å². The molecule has 0 spiro atoms. The highest BCUT2D eigenvalue weighted by Crippen LogP contribution is 2.19. The van der Waals surface area contributed by atoms with E-state index in [0.29, 0.717) is 35.4 Å². The fraction of sp³-hybridized carbons (Fsp3) is 0.421. The van der Waals surface area contributed by atoms with Crippen LogP contribution in [-0.2, 0) is 14.1 Å². The molecule has 2 N–H and O–H groups in total. The number of hydrogen-bond donors (Lipinski definition) is 2. The maximum absolute atomic E-state index is 12.5. The van der Waals surface area contributed by atoms with Gasteiger partial charge in [0, 0.05) is 45.1 Å². The molecule has 1 aliphatic rings. The molecule has 0 aliphatic carbocycles. The van der Waals surface area contributed by atoms with Crippen molar-refractivity contribution in [1.82, 2.24) is 39.7 Å². The first-order chi connectivity index (χ1) is 14.0. The number of likely N-dealkylation sites (tertiary alicyclic amines) is 1. The first-order valence-corrected chi connectivity index (χ1v) is 9.65. The highest BCUT2D eigenvalue weighted by atomic mass is 16.2. The Morgan fingerprint density at radius 2 is 1.97 bits per heavy atom. The van der Waals surface area contributed by atoms with Gasteiger partial charge in [-0.2, -0.15) is 10.2 Å². The molecule has 10 heteroatoms. The number of aromatic nitrogens is 6. The zero-order valence-corrected chi connectivity index (χ0v) is 16.9. The summed E-state index contributed by atoms with van der Waals surface area (Å²) in [5.74, 6) is 0.959. The van der Waals surface area contributed by atoms with Crippen molar-refractivity contribution in [1.29, 1.82) is 0 Å². The Morgan fingerprint density at radius 1 is 1.14 bits per heavy atom. The van der Waals surface area contributed by atoms with Gasteiger partial charge in [0.25, 0.3) is 5.91 Å². The number of rotatable bonds is 7. The summed E-state index contributed by atoms with van der Waals surface area (Å²) in [6.07, 6.45) is 2.90. The molecular formula is C19H25N9O. The molecule has 3 aromatic heterocycles. The summed E-state index contributed by atoms with van der Waals surface area (Å²) in [7, 11) is 3.63. The molecule has 0 saturated carbocycles. The Labute approximate surface area is 168 Å². The summed E-state index contributed by atoms with van der Waals surface area (Å²) >= 11 is 0. The van der Waals surface area contributed by atoms with Crippen LogP contribution in [0, 0.1) is 6.92 Å². The van der Waals surface area contributed by atoms with Crippen LogP contribution in [-0.4, -0.2) is 66.5 Å². The van der Waals surface area contributed by atoms with Crippen molar-refractivity contribution in [2.75, 3.05) is 31.5 Å². The lowest BCUT2D eigenvalue weighted by Crippen LogP contribution is -2.42. The summed E-state index contributed by atoms with van der Waals surface area (Å²) in [6, 6.07) is 5.43. The van der Waals surface area contributed by atoms with Crippen molar-refractivity contribution in [3.05, 3.63) is 35.8 Å². The van der Waals surface area contributed by atoms with Crippen LogP contribution >= 0.6 is 0 Å². The molecule has 1 fully saturated rings. The minimum Gasteiger partial charge on any atom is -0.349 e. The lowest BCUT2D eigenvalue weighted by molar-refractivity contribution is 0.0932. The van der Waals surface area contributed by atoms with Crippen LogP contribution in [0.2, 0.25) is 0 Å². The molecule has 10 nitrogen and oxygen atoms in total. The van der Waals surface area contributed by atoms with E-state index in [1.807, 2.05) is 20.0 Å². The average Bonchev–Trinajstić information content (AvgIpc) is 3.19. The fourth-order valence-corrected chi connectivity index (χ4v) is 3.13. The van der Waals surface area contributed by atoms with Gasteiger partial charge in [-0.3, -0.25) is 14.2 Å². The molecule has 0 aromatic carbocycles. The van der Waals surface area contributed by atoms with Gasteiger partial charge in [0.15, 0.2) is 5.82 Å². The molecule has 1 aliphatic heterocycles. The normalized spacial score (nSPS) is 13.9. The second-order valence-corrected chi connectivity index (χ2v) is 7.17. The molecule has 1 amide bonds. The molecule has 0 unspecified atom stereocenters. The smallest absolute Gasteiger partial charge is 0.269 e. The first kappa shape index (κ1) is 19.1. The van der Waals surface area contributed by atoms with Gasteiger partial charge in [-0.15, -0.1) is 0 Å². The van der Waals surface area contributed by atoms with Gasteiger partial charge in [-0.05, 0) is 38.6 Å². The van der Waals surface area contributed by atoms with Gasteiger partial charge in [0.2, 0.25) is 5.95 Å². The third-order valence-electron chi connectivity index (χ3n) is 5.05. The van der Waals surface area contributed by atoms with Crippen LogP contribution in [0.15, 0.2) is 24.4 Å². The third-order valence-corrected chi connectivity index (χ3v) is 5.05. The number of amides is 1. The molecule has 0 bridgehead atoms. The van der Waals surface area contributed by atoms with Crippen LogP contribution in [0.1, 0.15) is 22.6 Å². The van der Waals surface area contributed by atoms with Crippen molar-refractivity contribution in [3.63, 3.8) is 0 Å². The quantitative estimate of drug-likeness (QED) is 0.617. The largest absolute Gasteiger partial charge is 0.349 e. The van der Waals surface area contributed by atoms with Gasteiger partial charge in [-0.25, -0.2) is 9.97 Å². The Hall–Kier alpha value is -3.27. The van der Waals surface area contributed by atoms with Gasteiger partial charge < -0.3 is 15.5 Å². The van der Waals surface area contributed by atoms with E-state index < -0.39 is 0 Å². The monoisotopic (exact) mass is 395 g/mol. The topological polar surface area (TPSA) is 106 Å². The third kappa shape index (κ3) is 4.27. The van der Waals surface area contributed by atoms with Crippen LogP contribution in [0.4, 0.5) is 11.8 Å². The average molecular weight is 395 g/mol. The highest BCUT2D eigenvalue weighted by molar-refractivity contribution is 5.93. The minimum absolute atomic E-state index is 0.136. The predicted molar refractivity (Wildman–Crippen MR) is 109 cm³/mol. The zero-order chi connectivity index (χ0) is 20.4. The fourth-order valence-electron chi connectivity index (χ4n) is 3.13. The highest BCUT2D eigenvalue weighted by Gasteiger charge is 2.17. The number of aryl methyl sites for hydroxylation is 3. The summed E-state index contributed by atoms with van der Waals surface area (Å²) in [4.78, 5) is 23.6. The van der Waals surface area contributed by atoms with E-state index in [1.165, 1.54) is 6.42 Å². The van der Waals surface area contributed by atoms with Gasteiger partial charge in [0.05, 0.1) is 5.69 Å². The molecule has 152 valence electrons. The summed E-state index contributed by atoms with van der Waals surface area (Å²) in [5.41, 5.74) is 2.77. The summed E-state index contributed by atoms with van der Waals surface area (Å²) in [6.45, 7) is 5.72. The van der Waals surface area contributed by atoms with E-state index in [2.05, 4.69) is 35.7 Å². The van der Waals surface area contributed by atoms with E-state index in [0.717, 1.165) is 25.3 Å². The van der Waals surface area contributed by atoms with E-state index >= 15 is 0 Å². The molecule has 0 atom stereocenters. The van der Waals surface area contributed by atoms with E-state index in [-0.39, 0.29) is 5.91 Å².